The minimum absolute atomic E-state index is 0. The van der Waals surface area contributed by atoms with Gasteiger partial charge in [0.25, 0.3) is 0 Å². The zero-order chi connectivity index (χ0) is 26.5. The van der Waals surface area contributed by atoms with Gasteiger partial charge in [-0.25, -0.2) is 0 Å². The van der Waals surface area contributed by atoms with Crippen molar-refractivity contribution in [1.82, 2.24) is 30.0 Å². The molecule has 0 amide bonds. The monoisotopic (exact) mass is 544 g/mol. The van der Waals surface area contributed by atoms with E-state index in [4.69, 9.17) is 10.2 Å². The second kappa shape index (κ2) is 12.4. The molecular formula is C28H28N6O4S. The van der Waals surface area contributed by atoms with Gasteiger partial charge in [0, 0.05) is 13.2 Å². The van der Waals surface area contributed by atoms with Crippen LogP contribution in [0.5, 0.6) is 11.5 Å². The standard InChI is InChI=1S/2C14H13N3O2.H2S/c2*18-8-7-10-5-6-14(19)13(9-10)17-15-11-3-1-2-4-12(11)16-17;/h2*1-6,9,18-19H,7-8H2;1H2. The molecule has 0 aliphatic rings. The van der Waals surface area contributed by atoms with Gasteiger partial charge in [0.1, 0.15) is 44.9 Å². The molecule has 6 rings (SSSR count). The summed E-state index contributed by atoms with van der Waals surface area (Å²) in [5, 5.41) is 55.1. The lowest BCUT2D eigenvalue weighted by atomic mass is 10.1. The highest BCUT2D eigenvalue weighted by Crippen LogP contribution is 2.24. The summed E-state index contributed by atoms with van der Waals surface area (Å²) in [5.74, 6) is 0.226. The quantitative estimate of drug-likeness (QED) is 0.250. The van der Waals surface area contributed by atoms with E-state index in [0.717, 1.165) is 33.2 Å². The number of rotatable bonds is 6. The fourth-order valence-electron chi connectivity index (χ4n) is 3.96. The number of benzene rings is 4. The maximum absolute atomic E-state index is 9.92. The van der Waals surface area contributed by atoms with Gasteiger partial charge in [0.15, 0.2) is 0 Å². The summed E-state index contributed by atoms with van der Waals surface area (Å²) >= 11 is 0. The van der Waals surface area contributed by atoms with Crippen molar-refractivity contribution in [3.05, 3.63) is 96.1 Å². The second-order valence-electron chi connectivity index (χ2n) is 8.55. The fraction of sp³-hybridized carbons (Fsp3) is 0.143. The van der Waals surface area contributed by atoms with E-state index in [-0.39, 0.29) is 38.2 Å². The Morgan fingerprint density at radius 2 is 0.846 bits per heavy atom. The number of phenols is 2. The van der Waals surface area contributed by atoms with Crippen molar-refractivity contribution in [2.75, 3.05) is 13.2 Å². The summed E-state index contributed by atoms with van der Waals surface area (Å²) in [4.78, 5) is 2.84. The van der Waals surface area contributed by atoms with Gasteiger partial charge in [-0.3, -0.25) is 0 Å². The van der Waals surface area contributed by atoms with Crippen molar-refractivity contribution >= 4 is 35.6 Å². The van der Waals surface area contributed by atoms with Crippen molar-refractivity contribution in [1.29, 1.82) is 0 Å². The normalized spacial score (nSPS) is 10.7. The number of fused-ring (bicyclic) bond motifs is 2. The summed E-state index contributed by atoms with van der Waals surface area (Å²) in [6.07, 6.45) is 1.07. The van der Waals surface area contributed by atoms with Gasteiger partial charge >= 0.3 is 0 Å². The van der Waals surface area contributed by atoms with Gasteiger partial charge in [-0.1, -0.05) is 36.4 Å². The molecule has 4 N–H and O–H groups in total. The fourth-order valence-corrected chi connectivity index (χ4v) is 3.96. The largest absolute Gasteiger partial charge is 0.506 e. The van der Waals surface area contributed by atoms with Crippen molar-refractivity contribution in [2.24, 2.45) is 0 Å². The van der Waals surface area contributed by atoms with Gasteiger partial charge in [0.05, 0.1) is 0 Å². The number of hydrogen-bond donors (Lipinski definition) is 4. The Labute approximate surface area is 230 Å². The van der Waals surface area contributed by atoms with Gasteiger partial charge in [-0.2, -0.15) is 13.5 Å². The number of aromatic hydroxyl groups is 2. The van der Waals surface area contributed by atoms with Crippen LogP contribution in [0.2, 0.25) is 0 Å². The molecule has 4 aromatic carbocycles. The molecular weight excluding hydrogens is 516 g/mol. The van der Waals surface area contributed by atoms with Crippen LogP contribution in [0.3, 0.4) is 0 Å². The van der Waals surface area contributed by atoms with Crippen LogP contribution in [0.15, 0.2) is 84.9 Å². The Kier molecular flexibility index (Phi) is 8.77. The lowest BCUT2D eigenvalue weighted by Crippen LogP contribution is -2.01. The Balaban J connectivity index is 0.000000176. The highest BCUT2D eigenvalue weighted by molar-refractivity contribution is 7.59. The maximum Gasteiger partial charge on any atom is 0.143 e. The molecule has 0 spiro atoms. The number of aromatic nitrogens is 6. The molecule has 2 aromatic heterocycles. The van der Waals surface area contributed by atoms with Crippen LogP contribution in [-0.4, -0.2) is 63.6 Å². The number of aliphatic hydroxyl groups excluding tert-OH is 2. The summed E-state index contributed by atoms with van der Waals surface area (Å²) < 4.78 is 0. The van der Waals surface area contributed by atoms with Crippen LogP contribution in [0, 0.1) is 0 Å². The van der Waals surface area contributed by atoms with Crippen LogP contribution in [0.1, 0.15) is 11.1 Å². The zero-order valence-corrected chi connectivity index (χ0v) is 21.9. The van der Waals surface area contributed by atoms with E-state index in [1.807, 2.05) is 48.5 Å². The first kappa shape index (κ1) is 27.6. The third kappa shape index (κ3) is 6.17. The van der Waals surface area contributed by atoms with Gasteiger partial charge < -0.3 is 20.4 Å². The van der Waals surface area contributed by atoms with Gasteiger partial charge in [-0.15, -0.1) is 30.0 Å². The number of phenolic OH excluding ortho intramolecular Hbond substituents is 2. The molecule has 0 fully saturated rings. The molecule has 200 valence electrons. The first-order valence-electron chi connectivity index (χ1n) is 12.1. The van der Waals surface area contributed by atoms with Crippen LogP contribution in [0.25, 0.3) is 33.4 Å². The number of nitrogens with zero attached hydrogens (tertiary/aromatic N) is 6. The van der Waals surface area contributed by atoms with Crippen molar-refractivity contribution < 1.29 is 20.4 Å². The third-order valence-corrected chi connectivity index (χ3v) is 5.88. The molecule has 0 atom stereocenters. The van der Waals surface area contributed by atoms with Crippen LogP contribution < -0.4 is 0 Å². The summed E-state index contributed by atoms with van der Waals surface area (Å²) in [5.41, 5.74) is 5.98. The summed E-state index contributed by atoms with van der Waals surface area (Å²) in [6, 6.07) is 25.3. The van der Waals surface area contributed by atoms with Crippen molar-refractivity contribution in [3.63, 3.8) is 0 Å². The van der Waals surface area contributed by atoms with E-state index >= 15 is 0 Å². The highest BCUT2D eigenvalue weighted by atomic mass is 32.1. The smallest absolute Gasteiger partial charge is 0.143 e. The van der Waals surface area contributed by atoms with Crippen molar-refractivity contribution in [2.45, 2.75) is 12.8 Å². The predicted octanol–water partition coefficient (Wildman–Crippen LogP) is 3.43. The minimum atomic E-state index is 0. The molecule has 0 radical (unpaired) electrons. The Bertz CT molecular complexity index is 1510. The Morgan fingerprint density at radius 3 is 1.15 bits per heavy atom. The molecule has 6 aromatic rings. The van der Waals surface area contributed by atoms with Gasteiger partial charge in [-0.05, 0) is 72.5 Å². The summed E-state index contributed by atoms with van der Waals surface area (Å²) in [7, 11) is 0. The first-order chi connectivity index (χ1) is 18.6. The first-order valence-corrected chi connectivity index (χ1v) is 12.1. The molecule has 0 unspecified atom stereocenters. The SMILES string of the molecule is OCCc1ccc(O)c(-n2nc3ccccc3n2)c1.OCCc1ccc(O)c(-n2nc3ccccc3n2)c1.S. The number of hydrogen-bond acceptors (Lipinski definition) is 8. The van der Waals surface area contributed by atoms with E-state index in [1.165, 1.54) is 9.59 Å². The maximum atomic E-state index is 9.92. The molecule has 10 nitrogen and oxygen atoms in total. The topological polar surface area (TPSA) is 142 Å². The van der Waals surface area contributed by atoms with E-state index in [1.54, 1.807) is 36.4 Å². The molecule has 0 aliphatic heterocycles. The van der Waals surface area contributed by atoms with Crippen LogP contribution >= 0.6 is 13.5 Å². The van der Waals surface area contributed by atoms with E-state index in [2.05, 4.69) is 20.4 Å². The zero-order valence-electron chi connectivity index (χ0n) is 20.9. The lowest BCUT2D eigenvalue weighted by molar-refractivity contribution is 0.299. The molecule has 0 saturated heterocycles. The van der Waals surface area contributed by atoms with Crippen LogP contribution in [0.4, 0.5) is 0 Å². The predicted molar refractivity (Wildman–Crippen MR) is 153 cm³/mol. The molecule has 0 saturated carbocycles. The van der Waals surface area contributed by atoms with E-state index in [9.17, 15) is 10.2 Å². The highest BCUT2D eigenvalue weighted by Gasteiger charge is 2.10. The van der Waals surface area contributed by atoms with E-state index in [0.29, 0.717) is 24.2 Å². The number of aliphatic hydroxyl groups is 2. The third-order valence-electron chi connectivity index (χ3n) is 5.88. The van der Waals surface area contributed by atoms with Crippen molar-refractivity contribution in [3.8, 4) is 22.9 Å². The Morgan fingerprint density at radius 1 is 0.513 bits per heavy atom. The molecule has 0 aliphatic carbocycles. The second-order valence-corrected chi connectivity index (χ2v) is 8.55. The molecule has 11 heteroatoms. The average Bonchev–Trinajstić information content (AvgIpc) is 3.56. The van der Waals surface area contributed by atoms with E-state index < -0.39 is 0 Å². The summed E-state index contributed by atoms with van der Waals surface area (Å²) in [6.45, 7) is 0.136. The Hall–Kier alpha value is -4.45. The average molecular weight is 545 g/mol. The minimum Gasteiger partial charge on any atom is -0.506 e. The molecule has 39 heavy (non-hydrogen) atoms. The lowest BCUT2D eigenvalue weighted by Gasteiger charge is -2.05. The molecule has 0 bridgehead atoms. The van der Waals surface area contributed by atoms with Crippen LogP contribution in [-0.2, 0) is 12.8 Å². The molecule has 2 heterocycles. The van der Waals surface area contributed by atoms with Gasteiger partial charge in [0.2, 0.25) is 0 Å².